The summed E-state index contributed by atoms with van der Waals surface area (Å²) in [5.41, 5.74) is 0. The number of cyclic esters (lactones) is 1. The van der Waals surface area contributed by atoms with Crippen LogP contribution in [-0.2, 0) is 19.4 Å². The number of esters is 1. The Hall–Kier alpha value is -1.62. The standard InChI is InChI=1S/C22H32O4S/c23-22-21(27(24,25)20-16-12-11-13-17-20)18-14-9-7-5-3-1-2-4-6-8-10-15-19-26-22/h9,11-14,16-17,21H,1-8,10,15,18-19H2/b14-9+. The van der Waals surface area contributed by atoms with Gasteiger partial charge in [0.2, 0.25) is 0 Å². The minimum Gasteiger partial charge on any atom is -0.465 e. The first-order chi connectivity index (χ1) is 13.1. The first-order valence-electron chi connectivity index (χ1n) is 10.2. The first-order valence-corrected chi connectivity index (χ1v) is 11.8. The summed E-state index contributed by atoms with van der Waals surface area (Å²) in [6, 6.07) is 8.18. The van der Waals surface area contributed by atoms with Gasteiger partial charge in [0.25, 0.3) is 0 Å². The number of carbonyl (C=O) groups is 1. The van der Waals surface area contributed by atoms with Crippen molar-refractivity contribution in [3.8, 4) is 0 Å². The fourth-order valence-corrected chi connectivity index (χ4v) is 4.88. The molecule has 1 aromatic carbocycles. The normalized spacial score (nSPS) is 23.1. The van der Waals surface area contributed by atoms with Crippen molar-refractivity contribution in [1.29, 1.82) is 0 Å². The van der Waals surface area contributed by atoms with Crippen molar-refractivity contribution in [2.24, 2.45) is 0 Å². The second kappa shape index (κ2) is 12.0. The highest BCUT2D eigenvalue weighted by Gasteiger charge is 2.34. The van der Waals surface area contributed by atoms with E-state index in [9.17, 15) is 13.2 Å². The van der Waals surface area contributed by atoms with Crippen molar-refractivity contribution in [2.45, 2.75) is 80.8 Å². The Balaban J connectivity index is 2.09. The molecule has 1 aliphatic heterocycles. The summed E-state index contributed by atoms with van der Waals surface area (Å²) >= 11 is 0. The monoisotopic (exact) mass is 392 g/mol. The summed E-state index contributed by atoms with van der Waals surface area (Å²) in [4.78, 5) is 12.7. The van der Waals surface area contributed by atoms with Crippen LogP contribution < -0.4 is 0 Å². The highest BCUT2D eigenvalue weighted by Crippen LogP contribution is 2.21. The number of allylic oxidation sites excluding steroid dienone is 2. The molecule has 1 aromatic rings. The van der Waals surface area contributed by atoms with Crippen molar-refractivity contribution in [2.75, 3.05) is 6.61 Å². The van der Waals surface area contributed by atoms with E-state index < -0.39 is 21.1 Å². The summed E-state index contributed by atoms with van der Waals surface area (Å²) in [6.45, 7) is 0.295. The smallest absolute Gasteiger partial charge is 0.325 e. The van der Waals surface area contributed by atoms with E-state index in [1.807, 2.05) is 12.2 Å². The van der Waals surface area contributed by atoms with Crippen LogP contribution in [0.25, 0.3) is 0 Å². The van der Waals surface area contributed by atoms with E-state index in [2.05, 4.69) is 0 Å². The van der Waals surface area contributed by atoms with E-state index in [-0.39, 0.29) is 11.3 Å². The summed E-state index contributed by atoms with van der Waals surface area (Å²) in [5, 5.41) is -1.17. The van der Waals surface area contributed by atoms with E-state index in [1.165, 1.54) is 44.2 Å². The minimum atomic E-state index is -3.76. The molecule has 1 heterocycles. The Morgan fingerprint density at radius 3 is 2.04 bits per heavy atom. The van der Waals surface area contributed by atoms with Crippen LogP contribution in [0.5, 0.6) is 0 Å². The van der Waals surface area contributed by atoms with Crippen LogP contribution in [0, 0.1) is 0 Å². The molecule has 5 heteroatoms. The lowest BCUT2D eigenvalue weighted by Crippen LogP contribution is -2.32. The topological polar surface area (TPSA) is 60.4 Å². The molecule has 4 nitrogen and oxygen atoms in total. The summed E-state index contributed by atoms with van der Waals surface area (Å²) in [7, 11) is -3.76. The molecule has 1 atom stereocenters. The predicted octanol–water partition coefficient (Wildman–Crippen LogP) is 5.23. The zero-order valence-corrected chi connectivity index (χ0v) is 17.0. The lowest BCUT2D eigenvalue weighted by molar-refractivity contribution is -0.143. The molecule has 0 amide bonds. The Kier molecular flexibility index (Phi) is 9.60. The molecule has 0 aromatic heterocycles. The van der Waals surface area contributed by atoms with Gasteiger partial charge >= 0.3 is 5.97 Å². The van der Waals surface area contributed by atoms with Crippen LogP contribution in [0.15, 0.2) is 47.4 Å². The van der Waals surface area contributed by atoms with E-state index in [4.69, 9.17) is 4.74 Å². The molecule has 0 saturated heterocycles. The Bertz CT molecular complexity index is 680. The first kappa shape index (κ1) is 21.7. The van der Waals surface area contributed by atoms with Gasteiger partial charge in [-0.05, 0) is 37.8 Å². The molecule has 0 radical (unpaired) electrons. The van der Waals surface area contributed by atoms with Crippen LogP contribution in [0.2, 0.25) is 0 Å². The maximum absolute atomic E-state index is 12.9. The SMILES string of the molecule is O=C1OCCCCCCCCCCC/C=C/CC1S(=O)(=O)c1ccccc1. The maximum Gasteiger partial charge on any atom is 0.325 e. The predicted molar refractivity (Wildman–Crippen MR) is 108 cm³/mol. The van der Waals surface area contributed by atoms with Gasteiger partial charge in [-0.2, -0.15) is 0 Å². The molecule has 2 rings (SSSR count). The summed E-state index contributed by atoms with van der Waals surface area (Å²) in [6.07, 6.45) is 15.2. The average molecular weight is 393 g/mol. The number of hydrogen-bond acceptors (Lipinski definition) is 4. The average Bonchev–Trinajstić information content (AvgIpc) is 2.67. The molecule has 150 valence electrons. The lowest BCUT2D eigenvalue weighted by Gasteiger charge is -2.15. The highest BCUT2D eigenvalue weighted by molar-refractivity contribution is 7.92. The third kappa shape index (κ3) is 7.49. The highest BCUT2D eigenvalue weighted by atomic mass is 32.2. The molecule has 1 unspecified atom stereocenters. The van der Waals surface area contributed by atoms with Gasteiger partial charge in [0.05, 0.1) is 11.5 Å². The fraction of sp³-hybridized carbons (Fsp3) is 0.591. The third-order valence-electron chi connectivity index (χ3n) is 4.99. The zero-order valence-electron chi connectivity index (χ0n) is 16.1. The van der Waals surface area contributed by atoms with Crippen LogP contribution in [0.3, 0.4) is 0 Å². The Morgan fingerprint density at radius 2 is 1.37 bits per heavy atom. The second-order valence-corrected chi connectivity index (χ2v) is 9.32. The van der Waals surface area contributed by atoms with Gasteiger partial charge in [0.1, 0.15) is 0 Å². The second-order valence-electron chi connectivity index (χ2n) is 7.19. The van der Waals surface area contributed by atoms with Crippen molar-refractivity contribution in [3.63, 3.8) is 0 Å². The van der Waals surface area contributed by atoms with Crippen LogP contribution in [-0.4, -0.2) is 26.2 Å². The van der Waals surface area contributed by atoms with Crippen molar-refractivity contribution in [1.82, 2.24) is 0 Å². The molecule has 1 aliphatic rings. The molecule has 0 bridgehead atoms. The molecule has 27 heavy (non-hydrogen) atoms. The fourth-order valence-electron chi connectivity index (χ4n) is 3.33. The van der Waals surface area contributed by atoms with Gasteiger partial charge in [0, 0.05) is 0 Å². The van der Waals surface area contributed by atoms with E-state index in [0.29, 0.717) is 6.61 Å². The van der Waals surface area contributed by atoms with Gasteiger partial charge < -0.3 is 4.74 Å². The molecular weight excluding hydrogens is 360 g/mol. The minimum absolute atomic E-state index is 0.163. The van der Waals surface area contributed by atoms with E-state index in [0.717, 1.165) is 32.1 Å². The molecule has 0 saturated carbocycles. The number of carbonyl (C=O) groups excluding carboxylic acids is 1. The quantitative estimate of drug-likeness (QED) is 0.510. The van der Waals surface area contributed by atoms with Crippen molar-refractivity contribution >= 4 is 15.8 Å². The van der Waals surface area contributed by atoms with E-state index in [1.54, 1.807) is 18.2 Å². The Morgan fingerprint density at radius 1 is 0.778 bits per heavy atom. The van der Waals surface area contributed by atoms with Gasteiger partial charge in [-0.3, -0.25) is 4.79 Å². The van der Waals surface area contributed by atoms with Crippen molar-refractivity contribution < 1.29 is 17.9 Å². The molecule has 0 spiro atoms. The zero-order chi connectivity index (χ0) is 19.4. The Labute approximate surface area is 163 Å². The van der Waals surface area contributed by atoms with Crippen LogP contribution in [0.1, 0.15) is 70.6 Å². The molecule has 0 fully saturated rings. The van der Waals surface area contributed by atoms with Gasteiger partial charge in [-0.15, -0.1) is 0 Å². The molecular formula is C22H32O4S. The lowest BCUT2D eigenvalue weighted by atomic mass is 10.1. The van der Waals surface area contributed by atoms with Crippen LogP contribution >= 0.6 is 0 Å². The van der Waals surface area contributed by atoms with Gasteiger partial charge in [-0.25, -0.2) is 8.42 Å². The van der Waals surface area contributed by atoms with E-state index >= 15 is 0 Å². The number of hydrogen-bond donors (Lipinski definition) is 0. The largest absolute Gasteiger partial charge is 0.465 e. The van der Waals surface area contributed by atoms with Gasteiger partial charge in [0.15, 0.2) is 15.1 Å². The van der Waals surface area contributed by atoms with Gasteiger partial charge in [-0.1, -0.05) is 75.3 Å². The maximum atomic E-state index is 12.9. The molecule has 0 aliphatic carbocycles. The number of sulfone groups is 1. The number of benzene rings is 1. The molecule has 0 N–H and O–H groups in total. The summed E-state index contributed by atoms with van der Waals surface area (Å²) in [5.74, 6) is -0.632. The number of rotatable bonds is 2. The number of ether oxygens (including phenoxy) is 1. The van der Waals surface area contributed by atoms with Crippen molar-refractivity contribution in [3.05, 3.63) is 42.5 Å². The summed E-state index contributed by atoms with van der Waals surface area (Å²) < 4.78 is 31.2. The third-order valence-corrected chi connectivity index (χ3v) is 7.05. The van der Waals surface area contributed by atoms with Crippen LogP contribution in [0.4, 0.5) is 0 Å².